The van der Waals surface area contributed by atoms with Crippen molar-refractivity contribution in [2.45, 2.75) is 31.2 Å². The average Bonchev–Trinajstić information content (AvgIpc) is 3.42. The van der Waals surface area contributed by atoms with Crippen molar-refractivity contribution < 1.29 is 22.0 Å². The number of sulfonamides is 1. The highest BCUT2D eigenvalue weighted by Gasteiger charge is 2.15. The minimum Gasteiger partial charge on any atom is -0.468 e. The van der Waals surface area contributed by atoms with Gasteiger partial charge in [0, 0.05) is 16.6 Å². The summed E-state index contributed by atoms with van der Waals surface area (Å²) in [7, 11) is -3.69. The molecule has 31 heavy (non-hydrogen) atoms. The van der Waals surface area contributed by atoms with Crippen LogP contribution in [-0.4, -0.2) is 14.3 Å². The highest BCUT2D eigenvalue weighted by Crippen LogP contribution is 2.24. The van der Waals surface area contributed by atoms with E-state index in [0.717, 1.165) is 23.0 Å². The van der Waals surface area contributed by atoms with Crippen LogP contribution < -0.4 is 10.0 Å². The van der Waals surface area contributed by atoms with E-state index in [9.17, 15) is 13.2 Å². The van der Waals surface area contributed by atoms with Gasteiger partial charge in [-0.3, -0.25) is 4.79 Å². The van der Waals surface area contributed by atoms with Gasteiger partial charge in [-0.15, -0.1) is 0 Å². The monoisotopic (exact) mass is 438 g/mol. The van der Waals surface area contributed by atoms with Crippen LogP contribution in [-0.2, 0) is 34.2 Å². The molecule has 0 spiro atoms. The van der Waals surface area contributed by atoms with E-state index in [1.807, 2.05) is 18.2 Å². The zero-order valence-corrected chi connectivity index (χ0v) is 17.7. The molecule has 2 aromatic heterocycles. The molecule has 1 amide bonds. The molecule has 2 heterocycles. The second-order valence-corrected chi connectivity index (χ2v) is 8.87. The van der Waals surface area contributed by atoms with Crippen molar-refractivity contribution in [3.05, 3.63) is 84.0 Å². The number of aryl methyl sites for hydroxylation is 1. The molecule has 2 N–H and O–H groups in total. The summed E-state index contributed by atoms with van der Waals surface area (Å²) in [6.45, 7) is 2.14. The molecule has 0 aliphatic carbocycles. The third kappa shape index (κ3) is 4.87. The highest BCUT2D eigenvalue weighted by atomic mass is 32.2. The molecule has 4 rings (SSSR count). The van der Waals surface area contributed by atoms with Gasteiger partial charge in [-0.05, 0) is 54.4 Å². The lowest BCUT2D eigenvalue weighted by Crippen LogP contribution is -2.23. The summed E-state index contributed by atoms with van der Waals surface area (Å²) in [6.07, 6.45) is 4.15. The lowest BCUT2D eigenvalue weighted by atomic mass is 10.1. The van der Waals surface area contributed by atoms with Gasteiger partial charge in [-0.25, -0.2) is 13.1 Å². The van der Waals surface area contributed by atoms with Crippen molar-refractivity contribution in [3.63, 3.8) is 0 Å². The summed E-state index contributed by atoms with van der Waals surface area (Å²) in [6, 6.07) is 15.4. The molecule has 0 atom stereocenters. The summed E-state index contributed by atoms with van der Waals surface area (Å²) in [5.74, 6) is 0.305. The molecule has 0 fully saturated rings. The number of amides is 1. The van der Waals surface area contributed by atoms with Crippen molar-refractivity contribution in [2.24, 2.45) is 0 Å². The van der Waals surface area contributed by atoms with Gasteiger partial charge in [-0.1, -0.05) is 19.1 Å². The van der Waals surface area contributed by atoms with Gasteiger partial charge in [0.2, 0.25) is 15.9 Å². The zero-order chi connectivity index (χ0) is 21.8. The van der Waals surface area contributed by atoms with E-state index in [0.29, 0.717) is 11.4 Å². The molecule has 0 bridgehead atoms. The highest BCUT2D eigenvalue weighted by molar-refractivity contribution is 7.89. The maximum atomic E-state index is 12.5. The molecule has 7 nitrogen and oxygen atoms in total. The lowest BCUT2D eigenvalue weighted by molar-refractivity contribution is -0.115. The topological polar surface area (TPSA) is 102 Å². The van der Waals surface area contributed by atoms with Crippen molar-refractivity contribution in [2.75, 3.05) is 5.32 Å². The van der Waals surface area contributed by atoms with Gasteiger partial charge in [0.05, 0.1) is 30.4 Å². The molecule has 0 saturated heterocycles. The Hall–Kier alpha value is -3.36. The van der Waals surface area contributed by atoms with Gasteiger partial charge in [0.1, 0.15) is 11.3 Å². The zero-order valence-electron chi connectivity index (χ0n) is 16.9. The van der Waals surface area contributed by atoms with E-state index in [1.165, 1.54) is 24.0 Å². The van der Waals surface area contributed by atoms with Crippen LogP contribution >= 0.6 is 0 Å². The SMILES string of the molecule is CCc1ccc2c(CC(=O)Nc3ccc(S(=O)(=O)NCc4ccco4)cc3)coc2c1. The minimum atomic E-state index is -3.69. The number of hydrogen-bond donors (Lipinski definition) is 2. The van der Waals surface area contributed by atoms with Crippen LogP contribution in [0.3, 0.4) is 0 Å². The van der Waals surface area contributed by atoms with Gasteiger partial charge in [-0.2, -0.15) is 0 Å². The number of furan rings is 2. The number of carbonyl (C=O) groups is 1. The van der Waals surface area contributed by atoms with E-state index < -0.39 is 10.0 Å². The largest absolute Gasteiger partial charge is 0.468 e. The first-order valence-corrected chi connectivity index (χ1v) is 11.3. The smallest absolute Gasteiger partial charge is 0.240 e. The van der Waals surface area contributed by atoms with E-state index >= 15 is 0 Å². The Balaban J connectivity index is 1.39. The number of carbonyl (C=O) groups excluding carboxylic acids is 1. The number of anilines is 1. The predicted molar refractivity (Wildman–Crippen MR) is 117 cm³/mol. The number of hydrogen-bond acceptors (Lipinski definition) is 5. The lowest BCUT2D eigenvalue weighted by Gasteiger charge is -2.08. The van der Waals surface area contributed by atoms with Crippen molar-refractivity contribution >= 4 is 32.6 Å². The average molecular weight is 439 g/mol. The second kappa shape index (κ2) is 8.79. The molecular formula is C23H22N2O5S. The van der Waals surface area contributed by atoms with Crippen LogP contribution in [0, 0.1) is 0 Å². The molecule has 0 saturated carbocycles. The fourth-order valence-electron chi connectivity index (χ4n) is 3.24. The molecule has 8 heteroatoms. The first kappa shape index (κ1) is 20.9. The Morgan fingerprint density at radius 2 is 1.84 bits per heavy atom. The maximum absolute atomic E-state index is 12.5. The molecule has 2 aromatic carbocycles. The molecule has 0 radical (unpaired) electrons. The third-order valence-corrected chi connectivity index (χ3v) is 6.36. The van der Waals surface area contributed by atoms with Crippen LogP contribution in [0.15, 0.2) is 80.9 Å². The number of benzene rings is 2. The van der Waals surface area contributed by atoms with Crippen molar-refractivity contribution in [1.82, 2.24) is 4.72 Å². The van der Waals surface area contributed by atoms with Gasteiger partial charge >= 0.3 is 0 Å². The van der Waals surface area contributed by atoms with E-state index in [4.69, 9.17) is 8.83 Å². The molecule has 160 valence electrons. The van der Waals surface area contributed by atoms with Crippen LogP contribution in [0.1, 0.15) is 23.8 Å². The van der Waals surface area contributed by atoms with E-state index in [1.54, 1.807) is 30.5 Å². The Bertz CT molecular complexity index is 1290. The fourth-order valence-corrected chi connectivity index (χ4v) is 4.24. The first-order valence-electron chi connectivity index (χ1n) is 9.85. The van der Waals surface area contributed by atoms with Crippen molar-refractivity contribution in [3.8, 4) is 0 Å². The Kier molecular flexibility index (Phi) is 5.92. The molecular weight excluding hydrogens is 416 g/mol. The van der Waals surface area contributed by atoms with Crippen molar-refractivity contribution in [1.29, 1.82) is 0 Å². The van der Waals surface area contributed by atoms with Gasteiger partial charge in [0.15, 0.2) is 0 Å². The first-order chi connectivity index (χ1) is 14.9. The summed E-state index contributed by atoms with van der Waals surface area (Å²) in [5.41, 5.74) is 3.25. The van der Waals surface area contributed by atoms with E-state index in [-0.39, 0.29) is 23.8 Å². The predicted octanol–water partition coefficient (Wildman–Crippen LogP) is 4.25. The molecule has 4 aromatic rings. The standard InChI is InChI=1S/C23H22N2O5S/c1-2-16-5-10-21-17(15-30-22(21)12-16)13-23(26)25-18-6-8-20(9-7-18)31(27,28)24-14-19-4-3-11-29-19/h3-12,15,24H,2,13-14H2,1H3,(H,25,26). The maximum Gasteiger partial charge on any atom is 0.240 e. The Morgan fingerprint density at radius 3 is 2.55 bits per heavy atom. The van der Waals surface area contributed by atoms with Crippen LogP contribution in [0.4, 0.5) is 5.69 Å². The summed E-state index contributed by atoms with van der Waals surface area (Å²) < 4.78 is 38.0. The number of fused-ring (bicyclic) bond motifs is 1. The van der Waals surface area contributed by atoms with Crippen LogP contribution in [0.25, 0.3) is 11.0 Å². The minimum absolute atomic E-state index is 0.0617. The Morgan fingerprint density at radius 1 is 1.03 bits per heavy atom. The van der Waals surface area contributed by atoms with Crippen LogP contribution in [0.5, 0.6) is 0 Å². The molecule has 0 aliphatic rings. The summed E-state index contributed by atoms with van der Waals surface area (Å²) in [5, 5.41) is 3.70. The van der Waals surface area contributed by atoms with Gasteiger partial charge < -0.3 is 14.2 Å². The summed E-state index contributed by atoms with van der Waals surface area (Å²) >= 11 is 0. The quantitative estimate of drug-likeness (QED) is 0.428. The molecule has 0 unspecified atom stereocenters. The molecule has 0 aliphatic heterocycles. The number of nitrogens with one attached hydrogen (secondary N) is 2. The van der Waals surface area contributed by atoms with Crippen LogP contribution in [0.2, 0.25) is 0 Å². The van der Waals surface area contributed by atoms with Gasteiger partial charge in [0.25, 0.3) is 0 Å². The second-order valence-electron chi connectivity index (χ2n) is 7.10. The normalized spacial score (nSPS) is 11.6. The third-order valence-electron chi connectivity index (χ3n) is 4.94. The van der Waals surface area contributed by atoms with E-state index in [2.05, 4.69) is 17.0 Å². The fraction of sp³-hybridized carbons (Fsp3) is 0.174. The summed E-state index contributed by atoms with van der Waals surface area (Å²) in [4.78, 5) is 12.6. The number of rotatable bonds is 8. The Labute approximate surface area is 180 Å².